The molecule has 0 radical (unpaired) electrons. The molecule has 1 atom stereocenters. The second-order valence-electron chi connectivity index (χ2n) is 5.40. The van der Waals surface area contributed by atoms with E-state index in [1.165, 1.54) is 10.4 Å². The van der Waals surface area contributed by atoms with Gasteiger partial charge in [0, 0.05) is 23.9 Å². The van der Waals surface area contributed by atoms with Crippen LogP contribution in [0.1, 0.15) is 29.0 Å². The van der Waals surface area contributed by atoms with Gasteiger partial charge in [0.15, 0.2) is 5.78 Å². The van der Waals surface area contributed by atoms with E-state index < -0.39 is 0 Å². The fourth-order valence-corrected chi connectivity index (χ4v) is 3.85. The van der Waals surface area contributed by atoms with Crippen LogP contribution in [0.3, 0.4) is 0 Å². The predicted molar refractivity (Wildman–Crippen MR) is 83.2 cm³/mol. The molecule has 1 aliphatic heterocycles. The summed E-state index contributed by atoms with van der Waals surface area (Å²) >= 11 is 1.84. The Bertz CT molecular complexity index is 590. The van der Waals surface area contributed by atoms with Crippen LogP contribution in [0.4, 0.5) is 0 Å². The molecule has 0 amide bonds. The van der Waals surface area contributed by atoms with E-state index in [2.05, 4.69) is 23.3 Å². The summed E-state index contributed by atoms with van der Waals surface area (Å²) in [4.78, 5) is 16.0. The second kappa shape index (κ2) is 5.90. The van der Waals surface area contributed by atoms with Crippen molar-refractivity contribution in [1.82, 2.24) is 4.90 Å². The number of fused-ring (bicyclic) bond motifs is 1. The van der Waals surface area contributed by atoms with Crippen LogP contribution in [-0.4, -0.2) is 23.8 Å². The molecular weight excluding hydrogens is 266 g/mol. The maximum absolute atomic E-state index is 12.2. The number of benzene rings is 1. The molecule has 0 saturated carbocycles. The van der Waals surface area contributed by atoms with Gasteiger partial charge in [-0.2, -0.15) is 0 Å². The summed E-state index contributed by atoms with van der Waals surface area (Å²) in [6.45, 7) is 3.76. The normalized spacial score (nSPS) is 18.8. The third-order valence-electron chi connectivity index (χ3n) is 4.03. The van der Waals surface area contributed by atoms with Gasteiger partial charge in [-0.15, -0.1) is 11.3 Å². The van der Waals surface area contributed by atoms with Gasteiger partial charge in [-0.25, -0.2) is 0 Å². The van der Waals surface area contributed by atoms with Gasteiger partial charge in [0.05, 0.1) is 6.54 Å². The molecule has 2 heterocycles. The van der Waals surface area contributed by atoms with Crippen LogP contribution in [0.5, 0.6) is 0 Å². The van der Waals surface area contributed by atoms with E-state index >= 15 is 0 Å². The lowest BCUT2D eigenvalue weighted by molar-refractivity contribution is -0.120. The van der Waals surface area contributed by atoms with Crippen LogP contribution in [0.2, 0.25) is 0 Å². The van der Waals surface area contributed by atoms with Gasteiger partial charge in [-0.1, -0.05) is 30.3 Å². The molecule has 0 fully saturated rings. The first kappa shape index (κ1) is 13.5. The van der Waals surface area contributed by atoms with Crippen LogP contribution in [0.25, 0.3) is 0 Å². The highest BCUT2D eigenvalue weighted by molar-refractivity contribution is 7.10. The Balaban J connectivity index is 1.63. The Morgan fingerprint density at radius 1 is 1.30 bits per heavy atom. The van der Waals surface area contributed by atoms with Gasteiger partial charge in [0.1, 0.15) is 0 Å². The zero-order chi connectivity index (χ0) is 13.9. The standard InChI is InChI=1S/C17H19NOS/c1-13-16-8-10-20-17(16)7-9-18(13)12-15(19)11-14-5-3-2-4-6-14/h2-6,8,10,13H,7,9,11-12H2,1H3. The number of thiophene rings is 1. The van der Waals surface area contributed by atoms with E-state index in [0.717, 1.165) is 18.5 Å². The number of Topliss-reactive ketones (excluding diaryl/α,β-unsaturated/α-hetero) is 1. The molecule has 0 N–H and O–H groups in total. The van der Waals surface area contributed by atoms with Gasteiger partial charge < -0.3 is 0 Å². The average molecular weight is 285 g/mol. The molecule has 2 aromatic rings. The highest BCUT2D eigenvalue weighted by Crippen LogP contribution is 2.32. The maximum atomic E-state index is 12.2. The smallest absolute Gasteiger partial charge is 0.151 e. The third kappa shape index (κ3) is 2.84. The SMILES string of the molecule is CC1c2ccsc2CCN1CC(=O)Cc1ccccc1. The Labute approximate surface area is 124 Å². The van der Waals surface area contributed by atoms with E-state index in [-0.39, 0.29) is 0 Å². The largest absolute Gasteiger partial charge is 0.298 e. The van der Waals surface area contributed by atoms with Crippen LogP contribution in [0, 0.1) is 0 Å². The molecule has 0 aliphatic carbocycles. The Morgan fingerprint density at radius 2 is 2.10 bits per heavy atom. The molecule has 0 spiro atoms. The first-order chi connectivity index (χ1) is 9.74. The second-order valence-corrected chi connectivity index (χ2v) is 6.40. The van der Waals surface area contributed by atoms with E-state index in [9.17, 15) is 4.79 Å². The summed E-state index contributed by atoms with van der Waals surface area (Å²) in [5.41, 5.74) is 2.52. The van der Waals surface area contributed by atoms with Crippen molar-refractivity contribution in [2.24, 2.45) is 0 Å². The number of hydrogen-bond donors (Lipinski definition) is 0. The zero-order valence-corrected chi connectivity index (χ0v) is 12.5. The molecule has 0 saturated heterocycles. The molecule has 1 aromatic carbocycles. The van der Waals surface area contributed by atoms with E-state index in [1.54, 1.807) is 0 Å². The van der Waals surface area contributed by atoms with Gasteiger partial charge in [0.25, 0.3) is 0 Å². The van der Waals surface area contributed by atoms with Crippen LogP contribution in [-0.2, 0) is 17.6 Å². The van der Waals surface area contributed by atoms with Gasteiger partial charge >= 0.3 is 0 Å². The molecular formula is C17H19NOS. The van der Waals surface area contributed by atoms with Crippen molar-refractivity contribution in [3.8, 4) is 0 Å². The van der Waals surface area contributed by atoms with Gasteiger partial charge in [0.2, 0.25) is 0 Å². The van der Waals surface area contributed by atoms with Crippen LogP contribution >= 0.6 is 11.3 Å². The van der Waals surface area contributed by atoms with Crippen molar-refractivity contribution in [3.63, 3.8) is 0 Å². The number of carbonyl (C=O) groups excluding carboxylic acids is 1. The Hall–Kier alpha value is -1.45. The van der Waals surface area contributed by atoms with Crippen molar-refractivity contribution >= 4 is 17.1 Å². The summed E-state index contributed by atoms with van der Waals surface area (Å²) in [5, 5.41) is 2.16. The molecule has 1 unspecified atom stereocenters. The van der Waals surface area contributed by atoms with Crippen LogP contribution in [0.15, 0.2) is 41.8 Å². The third-order valence-corrected chi connectivity index (χ3v) is 5.02. The van der Waals surface area contributed by atoms with E-state index in [1.807, 2.05) is 41.7 Å². The van der Waals surface area contributed by atoms with E-state index in [0.29, 0.717) is 24.8 Å². The maximum Gasteiger partial charge on any atom is 0.151 e. The molecule has 2 nitrogen and oxygen atoms in total. The Kier molecular flexibility index (Phi) is 3.99. The minimum atomic E-state index is 0.307. The predicted octanol–water partition coefficient (Wildman–Crippen LogP) is 3.48. The number of rotatable bonds is 4. The summed E-state index contributed by atoms with van der Waals surface area (Å²) < 4.78 is 0. The summed E-state index contributed by atoms with van der Waals surface area (Å²) in [5.74, 6) is 0.307. The minimum absolute atomic E-state index is 0.307. The van der Waals surface area contributed by atoms with Crippen LogP contribution < -0.4 is 0 Å². The lowest BCUT2D eigenvalue weighted by Crippen LogP contribution is -2.37. The molecule has 3 heteroatoms. The zero-order valence-electron chi connectivity index (χ0n) is 11.7. The van der Waals surface area contributed by atoms with Crippen molar-refractivity contribution in [1.29, 1.82) is 0 Å². The first-order valence-corrected chi connectivity index (χ1v) is 7.98. The number of nitrogens with zero attached hydrogens (tertiary/aromatic N) is 1. The average Bonchev–Trinajstić information content (AvgIpc) is 2.92. The number of ketones is 1. The highest BCUT2D eigenvalue weighted by Gasteiger charge is 2.25. The topological polar surface area (TPSA) is 20.3 Å². The number of hydrogen-bond acceptors (Lipinski definition) is 3. The molecule has 20 heavy (non-hydrogen) atoms. The molecule has 0 bridgehead atoms. The fraction of sp³-hybridized carbons (Fsp3) is 0.353. The van der Waals surface area contributed by atoms with Crippen molar-refractivity contribution < 1.29 is 4.79 Å². The summed E-state index contributed by atoms with van der Waals surface area (Å²) in [6.07, 6.45) is 1.62. The minimum Gasteiger partial charge on any atom is -0.298 e. The number of carbonyl (C=O) groups is 1. The lowest BCUT2D eigenvalue weighted by atomic mass is 10.0. The fourth-order valence-electron chi connectivity index (χ4n) is 2.88. The molecule has 104 valence electrons. The van der Waals surface area contributed by atoms with Crippen molar-refractivity contribution in [3.05, 3.63) is 57.8 Å². The summed E-state index contributed by atoms with van der Waals surface area (Å²) in [6, 6.07) is 12.6. The summed E-state index contributed by atoms with van der Waals surface area (Å²) in [7, 11) is 0. The Morgan fingerprint density at radius 3 is 2.90 bits per heavy atom. The lowest BCUT2D eigenvalue weighted by Gasteiger charge is -2.33. The monoisotopic (exact) mass is 285 g/mol. The van der Waals surface area contributed by atoms with Gasteiger partial charge in [-0.3, -0.25) is 9.69 Å². The quantitative estimate of drug-likeness (QED) is 0.857. The first-order valence-electron chi connectivity index (χ1n) is 7.10. The highest BCUT2D eigenvalue weighted by atomic mass is 32.1. The van der Waals surface area contributed by atoms with Crippen molar-refractivity contribution in [2.45, 2.75) is 25.8 Å². The van der Waals surface area contributed by atoms with Gasteiger partial charge in [-0.05, 0) is 35.9 Å². The molecule has 1 aromatic heterocycles. The molecule has 3 rings (SSSR count). The molecule has 1 aliphatic rings. The van der Waals surface area contributed by atoms with Crippen molar-refractivity contribution in [2.75, 3.05) is 13.1 Å². The van der Waals surface area contributed by atoms with E-state index in [4.69, 9.17) is 0 Å².